The van der Waals surface area contributed by atoms with Gasteiger partial charge in [-0.15, -0.1) is 0 Å². The van der Waals surface area contributed by atoms with Crippen molar-refractivity contribution >= 4 is 23.3 Å². The first-order valence-electron chi connectivity index (χ1n) is 1.69. The summed E-state index contributed by atoms with van der Waals surface area (Å²) in [4.78, 5) is 16.7. The Balaban J connectivity index is -0.0000000933. The van der Waals surface area contributed by atoms with Crippen molar-refractivity contribution < 1.29 is 37.3 Å². The number of carboxylic acid groups (broad SMARTS) is 2. The molecule has 0 rings (SSSR count). The molecule has 0 amide bonds. The van der Waals surface area contributed by atoms with Crippen LogP contribution in [0.4, 0.5) is 0 Å². The van der Waals surface area contributed by atoms with Crippen molar-refractivity contribution in [2.45, 2.75) is 0 Å². The molecule has 9 heteroatoms. The summed E-state index contributed by atoms with van der Waals surface area (Å²) in [6.45, 7) is -0.500. The van der Waals surface area contributed by atoms with Gasteiger partial charge in [0.1, 0.15) is 0 Å². The zero-order valence-corrected chi connectivity index (χ0v) is 5.80. The van der Waals surface area contributed by atoms with Gasteiger partial charge in [0.15, 0.2) is 0 Å². The first-order valence-corrected chi connectivity index (χ1v) is 3.08. The predicted molar refractivity (Wildman–Crippen MR) is 31.6 cm³/mol. The summed E-state index contributed by atoms with van der Waals surface area (Å²) in [6.07, 6.45) is 0. The average Bonchev–Trinajstić information content (AvgIpc) is 1.62. The molecule has 8 nitrogen and oxygen atoms in total. The minimum Gasteiger partial charge on any atom is -0.483 e. The van der Waals surface area contributed by atoms with Gasteiger partial charge in [0, 0.05) is 0 Å². The van der Waals surface area contributed by atoms with E-state index in [4.69, 9.17) is 37.3 Å². The summed E-state index contributed by atoms with van der Waals surface area (Å²) >= 11 is 0. The Morgan fingerprint density at radius 1 is 0.909 bits per heavy atom. The predicted octanol–water partition coefficient (Wildman–Crippen LogP) is -1.25. The third-order valence-corrected chi connectivity index (χ3v) is 0. The molecule has 0 aliphatic carbocycles. The monoisotopic (exact) mass is 190 g/mol. The molecular formula is C2H6O8S. The summed E-state index contributed by atoms with van der Waals surface area (Å²) in [6, 6.07) is 0. The SMILES string of the molecule is O=CO.O=CO.O=S(=O)(O)O. The van der Waals surface area contributed by atoms with E-state index in [2.05, 4.69) is 0 Å². The zero-order chi connectivity index (χ0) is 9.91. The van der Waals surface area contributed by atoms with Gasteiger partial charge < -0.3 is 10.2 Å². The molecule has 0 atom stereocenters. The maximum Gasteiger partial charge on any atom is 0.394 e. The van der Waals surface area contributed by atoms with Crippen LogP contribution in [0.3, 0.4) is 0 Å². The molecule has 0 fully saturated rings. The minimum absolute atomic E-state index is 0.250. The van der Waals surface area contributed by atoms with E-state index in [0.717, 1.165) is 0 Å². The van der Waals surface area contributed by atoms with E-state index in [9.17, 15) is 0 Å². The van der Waals surface area contributed by atoms with Crippen LogP contribution in [0.2, 0.25) is 0 Å². The summed E-state index contributed by atoms with van der Waals surface area (Å²) in [7, 11) is -4.67. The van der Waals surface area contributed by atoms with E-state index >= 15 is 0 Å². The molecule has 0 aromatic heterocycles. The Morgan fingerprint density at radius 3 is 0.909 bits per heavy atom. The Bertz CT molecular complexity index is 153. The second-order valence-electron chi connectivity index (χ2n) is 0.659. The molecule has 11 heavy (non-hydrogen) atoms. The molecule has 0 heterocycles. The van der Waals surface area contributed by atoms with Gasteiger partial charge >= 0.3 is 10.4 Å². The quantitative estimate of drug-likeness (QED) is 0.273. The van der Waals surface area contributed by atoms with Crippen LogP contribution in [0, 0.1) is 0 Å². The maximum absolute atomic E-state index is 8.74. The lowest BCUT2D eigenvalue weighted by atomic mass is 11.7. The van der Waals surface area contributed by atoms with Crippen molar-refractivity contribution in [1.29, 1.82) is 0 Å². The summed E-state index contributed by atoms with van der Waals surface area (Å²) in [5.74, 6) is 0. The molecule has 0 bridgehead atoms. The summed E-state index contributed by atoms with van der Waals surface area (Å²) in [5.41, 5.74) is 0. The second kappa shape index (κ2) is 11.6. The highest BCUT2D eigenvalue weighted by molar-refractivity contribution is 7.79. The maximum atomic E-state index is 8.74. The third-order valence-electron chi connectivity index (χ3n) is 0. The van der Waals surface area contributed by atoms with Gasteiger partial charge in [-0.1, -0.05) is 0 Å². The zero-order valence-electron chi connectivity index (χ0n) is 4.98. The van der Waals surface area contributed by atoms with Crippen LogP contribution in [0.25, 0.3) is 0 Å². The van der Waals surface area contributed by atoms with Gasteiger partial charge in [0.2, 0.25) is 0 Å². The Morgan fingerprint density at radius 2 is 0.909 bits per heavy atom. The summed E-state index contributed by atoms with van der Waals surface area (Å²) < 4.78 is 31.6. The molecule has 0 aromatic rings. The number of hydrogen-bond donors (Lipinski definition) is 4. The van der Waals surface area contributed by atoms with E-state index in [1.165, 1.54) is 0 Å². The van der Waals surface area contributed by atoms with Gasteiger partial charge in [-0.3, -0.25) is 18.7 Å². The van der Waals surface area contributed by atoms with Crippen LogP contribution in [-0.4, -0.2) is 40.7 Å². The highest BCUT2D eigenvalue weighted by Gasteiger charge is 1.84. The molecule has 0 aliphatic heterocycles. The van der Waals surface area contributed by atoms with Gasteiger partial charge in [-0.2, -0.15) is 8.42 Å². The molecule has 0 radical (unpaired) electrons. The normalized spacial score (nSPS) is 7.45. The van der Waals surface area contributed by atoms with Crippen LogP contribution < -0.4 is 0 Å². The molecule has 4 N–H and O–H groups in total. The fraction of sp³-hybridized carbons (Fsp3) is 0. The van der Waals surface area contributed by atoms with Gasteiger partial charge in [-0.05, 0) is 0 Å². The molecule has 0 aromatic carbocycles. The fourth-order valence-electron chi connectivity index (χ4n) is 0. The van der Waals surface area contributed by atoms with Gasteiger partial charge in [0.25, 0.3) is 12.9 Å². The van der Waals surface area contributed by atoms with Crippen LogP contribution in [0.15, 0.2) is 0 Å². The van der Waals surface area contributed by atoms with Crippen LogP contribution in [-0.2, 0) is 20.0 Å². The van der Waals surface area contributed by atoms with Gasteiger partial charge in [-0.25, -0.2) is 0 Å². The summed E-state index contributed by atoms with van der Waals surface area (Å²) in [5, 5.41) is 13.8. The molecule has 0 saturated heterocycles. The molecule has 0 spiro atoms. The fourth-order valence-corrected chi connectivity index (χ4v) is 0. The first-order chi connectivity index (χ1) is 4.83. The largest absolute Gasteiger partial charge is 0.483 e. The lowest BCUT2D eigenvalue weighted by Gasteiger charge is -1.68. The second-order valence-corrected chi connectivity index (χ2v) is 1.55. The van der Waals surface area contributed by atoms with Crippen molar-refractivity contribution in [3.05, 3.63) is 0 Å². The molecule has 0 aliphatic rings. The van der Waals surface area contributed by atoms with E-state index in [1.54, 1.807) is 0 Å². The van der Waals surface area contributed by atoms with Crippen molar-refractivity contribution in [3.63, 3.8) is 0 Å². The van der Waals surface area contributed by atoms with Gasteiger partial charge in [0.05, 0.1) is 0 Å². The van der Waals surface area contributed by atoms with Crippen molar-refractivity contribution in [2.75, 3.05) is 0 Å². The first kappa shape index (κ1) is 16.4. The van der Waals surface area contributed by atoms with Crippen molar-refractivity contribution in [1.82, 2.24) is 0 Å². The van der Waals surface area contributed by atoms with E-state index in [1.807, 2.05) is 0 Å². The molecule has 68 valence electrons. The highest BCUT2D eigenvalue weighted by Crippen LogP contribution is 1.59. The lowest BCUT2D eigenvalue weighted by molar-refractivity contribution is -0.123. The van der Waals surface area contributed by atoms with Crippen LogP contribution in [0.1, 0.15) is 0 Å². The average molecular weight is 190 g/mol. The van der Waals surface area contributed by atoms with Crippen molar-refractivity contribution in [3.8, 4) is 0 Å². The Kier molecular flexibility index (Phi) is 17.3. The van der Waals surface area contributed by atoms with E-state index in [-0.39, 0.29) is 12.9 Å². The molecular weight excluding hydrogens is 184 g/mol. The Hall–Kier alpha value is -1.19. The molecule has 0 unspecified atom stereocenters. The number of carbonyl (C=O) groups is 2. The third kappa shape index (κ3) is 289. The van der Waals surface area contributed by atoms with Crippen molar-refractivity contribution in [2.24, 2.45) is 0 Å². The minimum atomic E-state index is -4.67. The smallest absolute Gasteiger partial charge is 0.394 e. The topological polar surface area (TPSA) is 149 Å². The number of rotatable bonds is 0. The highest BCUT2D eigenvalue weighted by atomic mass is 32.3. The Labute approximate surface area is 61.7 Å². The standard InChI is InChI=1S/2CH2O2.H2O4S/c2*2-1-3;1-5(2,3)4/h2*1H,(H,2,3);(H2,1,2,3,4). The number of hydrogen-bond acceptors (Lipinski definition) is 4. The lowest BCUT2D eigenvalue weighted by Crippen LogP contribution is -1.89. The molecule has 0 saturated carbocycles. The van der Waals surface area contributed by atoms with E-state index < -0.39 is 10.4 Å². The van der Waals surface area contributed by atoms with Crippen LogP contribution in [0.5, 0.6) is 0 Å². The van der Waals surface area contributed by atoms with E-state index in [0.29, 0.717) is 0 Å². The van der Waals surface area contributed by atoms with Crippen LogP contribution >= 0.6 is 0 Å².